The normalized spacial score (nSPS) is 13.1. The number of carboxylic acids is 1. The molecule has 2 nitrogen and oxygen atoms in total. The number of halogens is 2. The molecule has 0 saturated heterocycles. The summed E-state index contributed by atoms with van der Waals surface area (Å²) in [5, 5.41) is 9.03. The zero-order valence-corrected chi connectivity index (χ0v) is 7.98. The van der Waals surface area contributed by atoms with E-state index in [-0.39, 0.29) is 11.2 Å². The SMILES string of the molecule is O=C(O)CCC(Br)CBr. The molecule has 0 fully saturated rings. The van der Waals surface area contributed by atoms with Crippen molar-refractivity contribution in [2.24, 2.45) is 0 Å². The fraction of sp³-hybridized carbons (Fsp3) is 0.800. The van der Waals surface area contributed by atoms with Crippen molar-refractivity contribution in [1.29, 1.82) is 0 Å². The van der Waals surface area contributed by atoms with Crippen LogP contribution in [-0.2, 0) is 4.79 Å². The molecule has 0 aromatic carbocycles. The molecule has 0 heterocycles. The van der Waals surface area contributed by atoms with E-state index in [0.29, 0.717) is 6.42 Å². The van der Waals surface area contributed by atoms with Gasteiger partial charge in [-0.25, -0.2) is 0 Å². The molecule has 0 amide bonds. The fourth-order valence-electron chi connectivity index (χ4n) is 0.357. The summed E-state index contributed by atoms with van der Waals surface area (Å²) in [7, 11) is 0. The minimum atomic E-state index is -0.736. The van der Waals surface area contributed by atoms with E-state index in [1.165, 1.54) is 0 Å². The van der Waals surface area contributed by atoms with E-state index < -0.39 is 5.97 Å². The van der Waals surface area contributed by atoms with E-state index in [1.54, 1.807) is 0 Å². The van der Waals surface area contributed by atoms with E-state index in [9.17, 15) is 4.79 Å². The highest BCUT2D eigenvalue weighted by atomic mass is 79.9. The molecule has 0 saturated carbocycles. The molecule has 1 unspecified atom stereocenters. The number of rotatable bonds is 4. The van der Waals surface area contributed by atoms with E-state index in [1.807, 2.05) is 0 Å². The zero-order valence-electron chi connectivity index (χ0n) is 4.81. The van der Waals surface area contributed by atoms with Gasteiger partial charge in [0.25, 0.3) is 0 Å². The first-order valence-electron chi connectivity index (χ1n) is 2.58. The van der Waals surface area contributed by atoms with Crippen molar-refractivity contribution >= 4 is 37.8 Å². The molecular formula is C5H8Br2O2. The van der Waals surface area contributed by atoms with Crippen molar-refractivity contribution in [3.8, 4) is 0 Å². The van der Waals surface area contributed by atoms with Gasteiger partial charge in [-0.1, -0.05) is 31.9 Å². The molecule has 0 aromatic rings. The highest BCUT2D eigenvalue weighted by molar-refractivity contribution is 9.12. The first kappa shape index (κ1) is 9.43. The van der Waals surface area contributed by atoms with Crippen LogP contribution in [0.4, 0.5) is 0 Å². The maximum Gasteiger partial charge on any atom is 0.303 e. The Hall–Kier alpha value is 0.430. The third-order valence-electron chi connectivity index (χ3n) is 0.839. The lowest BCUT2D eigenvalue weighted by Gasteiger charge is -2.00. The van der Waals surface area contributed by atoms with Gasteiger partial charge in [0.2, 0.25) is 0 Å². The number of alkyl halides is 2. The largest absolute Gasteiger partial charge is 0.481 e. The molecule has 0 rings (SSSR count). The highest BCUT2D eigenvalue weighted by Crippen LogP contribution is 2.10. The van der Waals surface area contributed by atoms with Gasteiger partial charge in [-0.15, -0.1) is 0 Å². The Bertz CT molecular complexity index is 95.0. The van der Waals surface area contributed by atoms with Crippen LogP contribution in [-0.4, -0.2) is 21.2 Å². The van der Waals surface area contributed by atoms with Crippen molar-refractivity contribution in [1.82, 2.24) is 0 Å². The van der Waals surface area contributed by atoms with E-state index in [4.69, 9.17) is 5.11 Å². The topological polar surface area (TPSA) is 37.3 Å². The third kappa shape index (κ3) is 6.31. The monoisotopic (exact) mass is 258 g/mol. The fourth-order valence-corrected chi connectivity index (χ4v) is 0.910. The lowest BCUT2D eigenvalue weighted by atomic mass is 10.2. The second-order valence-corrected chi connectivity index (χ2v) is 3.63. The lowest BCUT2D eigenvalue weighted by Crippen LogP contribution is -2.03. The van der Waals surface area contributed by atoms with Crippen LogP contribution in [0.25, 0.3) is 0 Å². The summed E-state index contributed by atoms with van der Waals surface area (Å²) in [5.41, 5.74) is 0. The average molecular weight is 260 g/mol. The van der Waals surface area contributed by atoms with Crippen LogP contribution in [0.15, 0.2) is 0 Å². The van der Waals surface area contributed by atoms with Crippen LogP contribution in [0.2, 0.25) is 0 Å². The molecule has 0 aromatic heterocycles. The van der Waals surface area contributed by atoms with Gasteiger partial charge in [0.05, 0.1) is 0 Å². The Balaban J connectivity index is 3.16. The van der Waals surface area contributed by atoms with Crippen LogP contribution in [0.1, 0.15) is 12.8 Å². The van der Waals surface area contributed by atoms with Crippen molar-refractivity contribution in [2.75, 3.05) is 5.33 Å². The van der Waals surface area contributed by atoms with Crippen molar-refractivity contribution < 1.29 is 9.90 Å². The molecule has 0 bridgehead atoms. The maximum atomic E-state index is 9.98. The summed E-state index contributed by atoms with van der Waals surface area (Å²) in [4.78, 5) is 10.3. The molecule has 9 heavy (non-hydrogen) atoms. The maximum absolute atomic E-state index is 9.98. The Morgan fingerprint density at radius 1 is 1.67 bits per heavy atom. The van der Waals surface area contributed by atoms with Crippen molar-refractivity contribution in [3.63, 3.8) is 0 Å². The summed E-state index contributed by atoms with van der Waals surface area (Å²) >= 11 is 6.52. The van der Waals surface area contributed by atoms with Crippen LogP contribution in [0.3, 0.4) is 0 Å². The molecule has 0 spiro atoms. The first-order chi connectivity index (χ1) is 4.16. The first-order valence-corrected chi connectivity index (χ1v) is 4.62. The Morgan fingerprint density at radius 2 is 2.22 bits per heavy atom. The van der Waals surface area contributed by atoms with Gasteiger partial charge in [0, 0.05) is 16.6 Å². The summed E-state index contributed by atoms with van der Waals surface area (Å²) in [5.74, 6) is -0.736. The van der Waals surface area contributed by atoms with Crippen LogP contribution >= 0.6 is 31.9 Å². The molecule has 0 aliphatic rings. The quantitative estimate of drug-likeness (QED) is 0.785. The zero-order chi connectivity index (χ0) is 7.28. The molecule has 0 aliphatic heterocycles. The number of aliphatic carboxylic acids is 1. The number of carboxylic acid groups (broad SMARTS) is 1. The van der Waals surface area contributed by atoms with Crippen molar-refractivity contribution in [2.45, 2.75) is 17.7 Å². The standard InChI is InChI=1S/C5H8Br2O2/c6-3-4(7)1-2-5(8)9/h4H,1-3H2,(H,8,9). The van der Waals surface area contributed by atoms with E-state index in [0.717, 1.165) is 5.33 Å². The van der Waals surface area contributed by atoms with E-state index in [2.05, 4.69) is 31.9 Å². The summed E-state index contributed by atoms with van der Waals surface area (Å²) < 4.78 is 0. The Labute approximate surface area is 70.9 Å². The van der Waals surface area contributed by atoms with E-state index >= 15 is 0 Å². The molecule has 4 heteroatoms. The van der Waals surface area contributed by atoms with Gasteiger partial charge >= 0.3 is 5.97 Å². The predicted octanol–water partition coefficient (Wildman–Crippen LogP) is 2.01. The van der Waals surface area contributed by atoms with Gasteiger partial charge in [-0.2, -0.15) is 0 Å². The summed E-state index contributed by atoms with van der Waals surface area (Å²) in [6.45, 7) is 0. The third-order valence-corrected chi connectivity index (χ3v) is 3.27. The van der Waals surface area contributed by atoms with Crippen molar-refractivity contribution in [3.05, 3.63) is 0 Å². The van der Waals surface area contributed by atoms with Gasteiger partial charge in [0.1, 0.15) is 0 Å². The predicted molar refractivity (Wildman–Crippen MR) is 43.4 cm³/mol. The smallest absolute Gasteiger partial charge is 0.303 e. The summed E-state index contributed by atoms with van der Waals surface area (Å²) in [6.07, 6.45) is 0.919. The highest BCUT2D eigenvalue weighted by Gasteiger charge is 2.03. The molecule has 1 atom stereocenters. The summed E-state index contributed by atoms with van der Waals surface area (Å²) in [6, 6.07) is 0. The van der Waals surface area contributed by atoms with Gasteiger partial charge in [-0.3, -0.25) is 4.79 Å². The van der Waals surface area contributed by atoms with Gasteiger partial charge in [-0.05, 0) is 6.42 Å². The minimum Gasteiger partial charge on any atom is -0.481 e. The molecular weight excluding hydrogens is 252 g/mol. The Kier molecular flexibility index (Phi) is 5.48. The van der Waals surface area contributed by atoms with Crippen LogP contribution < -0.4 is 0 Å². The lowest BCUT2D eigenvalue weighted by molar-refractivity contribution is -0.137. The average Bonchev–Trinajstić information content (AvgIpc) is 1.83. The molecule has 0 aliphatic carbocycles. The number of hydrogen-bond acceptors (Lipinski definition) is 1. The number of carbonyl (C=O) groups is 1. The minimum absolute atomic E-state index is 0.238. The molecule has 54 valence electrons. The molecule has 1 N–H and O–H groups in total. The number of hydrogen-bond donors (Lipinski definition) is 1. The second-order valence-electron chi connectivity index (χ2n) is 1.68. The van der Waals surface area contributed by atoms with Gasteiger partial charge in [0.15, 0.2) is 0 Å². The van der Waals surface area contributed by atoms with Gasteiger partial charge < -0.3 is 5.11 Å². The van der Waals surface area contributed by atoms with Crippen LogP contribution in [0.5, 0.6) is 0 Å². The van der Waals surface area contributed by atoms with Crippen LogP contribution in [0, 0.1) is 0 Å². The Morgan fingerprint density at radius 3 is 2.56 bits per heavy atom. The second kappa shape index (κ2) is 5.23. The molecule has 0 radical (unpaired) electrons.